The Bertz CT molecular complexity index is 1180. The number of nitrogens with one attached hydrogen (secondary N) is 1. The minimum Gasteiger partial charge on any atom is -0.490 e. The lowest BCUT2D eigenvalue weighted by Gasteiger charge is -2.39. The highest BCUT2D eigenvalue weighted by molar-refractivity contribution is 5.78. The van der Waals surface area contributed by atoms with E-state index in [4.69, 9.17) is 4.74 Å². The number of aryl methyl sites for hydroxylation is 2. The largest absolute Gasteiger partial charge is 0.490 e. The standard InChI is InChI=1S/C29H35FN4O3/c1-20-26(21(2)32-31-20)13-14-28(35)34-16-15-27(37-25-11-9-24(30)10-12-25)23(19-34)17-29(36)33(3)18-22-7-5-4-6-8-22/h4-12,23,27H,13-19H2,1-3H3,(H,31,32)/t23-,27-/m0/s1. The van der Waals surface area contributed by atoms with Crippen molar-refractivity contribution < 1.29 is 18.7 Å². The number of hydrogen-bond donors (Lipinski definition) is 1. The van der Waals surface area contributed by atoms with Gasteiger partial charge in [0.25, 0.3) is 0 Å². The second kappa shape index (κ2) is 12.0. The molecule has 0 saturated carbocycles. The van der Waals surface area contributed by atoms with E-state index in [-0.39, 0.29) is 36.1 Å². The lowest BCUT2D eigenvalue weighted by molar-refractivity contribution is -0.138. The third-order valence-electron chi connectivity index (χ3n) is 7.11. The quantitative estimate of drug-likeness (QED) is 0.465. The SMILES string of the molecule is Cc1n[nH]c(C)c1CCC(=O)N1CC[C@H](Oc2ccc(F)cc2)[C@@H](CC(=O)N(C)Cc2ccccc2)C1. The highest BCUT2D eigenvalue weighted by Crippen LogP contribution is 2.27. The van der Waals surface area contributed by atoms with E-state index in [0.29, 0.717) is 44.6 Å². The molecule has 4 rings (SSSR count). The van der Waals surface area contributed by atoms with E-state index in [1.807, 2.05) is 49.1 Å². The summed E-state index contributed by atoms with van der Waals surface area (Å²) in [7, 11) is 1.80. The fraction of sp³-hybridized carbons (Fsp3) is 0.414. The molecule has 0 spiro atoms. The number of aromatic amines is 1. The third kappa shape index (κ3) is 6.96. The summed E-state index contributed by atoms with van der Waals surface area (Å²) in [4.78, 5) is 29.9. The van der Waals surface area contributed by atoms with Crippen LogP contribution in [-0.4, -0.2) is 58.1 Å². The second-order valence-corrected chi connectivity index (χ2v) is 9.85. The molecule has 8 heteroatoms. The molecule has 37 heavy (non-hydrogen) atoms. The van der Waals surface area contributed by atoms with Crippen LogP contribution >= 0.6 is 0 Å². The van der Waals surface area contributed by atoms with Crippen LogP contribution in [-0.2, 0) is 22.6 Å². The summed E-state index contributed by atoms with van der Waals surface area (Å²) >= 11 is 0. The molecule has 3 aromatic rings. The fourth-order valence-electron chi connectivity index (χ4n) is 4.93. The molecule has 0 bridgehead atoms. The average Bonchev–Trinajstić information content (AvgIpc) is 3.22. The number of aromatic nitrogens is 2. The van der Waals surface area contributed by atoms with Gasteiger partial charge in [-0.25, -0.2) is 4.39 Å². The monoisotopic (exact) mass is 506 g/mol. The summed E-state index contributed by atoms with van der Waals surface area (Å²) in [5.74, 6) is 0.124. The van der Waals surface area contributed by atoms with Gasteiger partial charge in [-0.3, -0.25) is 14.7 Å². The first-order valence-corrected chi connectivity index (χ1v) is 12.8. The van der Waals surface area contributed by atoms with Crippen LogP contribution in [0.5, 0.6) is 5.75 Å². The van der Waals surface area contributed by atoms with Gasteiger partial charge in [0.2, 0.25) is 11.8 Å². The number of carbonyl (C=O) groups excluding carboxylic acids is 2. The minimum atomic E-state index is -0.329. The van der Waals surface area contributed by atoms with Gasteiger partial charge < -0.3 is 14.5 Å². The molecule has 1 aromatic heterocycles. The molecule has 1 saturated heterocycles. The molecular formula is C29H35FN4O3. The zero-order valence-electron chi connectivity index (χ0n) is 21.7. The van der Waals surface area contributed by atoms with Gasteiger partial charge in [-0.15, -0.1) is 0 Å². The second-order valence-electron chi connectivity index (χ2n) is 9.85. The molecule has 1 N–H and O–H groups in total. The van der Waals surface area contributed by atoms with E-state index in [9.17, 15) is 14.0 Å². The van der Waals surface area contributed by atoms with Crippen LogP contribution in [0.4, 0.5) is 4.39 Å². The Balaban J connectivity index is 1.42. The molecule has 1 aliphatic rings. The molecule has 1 fully saturated rings. The molecule has 2 amide bonds. The number of nitrogens with zero attached hydrogens (tertiary/aromatic N) is 3. The summed E-state index contributed by atoms with van der Waals surface area (Å²) in [6, 6.07) is 15.8. The van der Waals surface area contributed by atoms with Crippen LogP contribution in [0.2, 0.25) is 0 Å². The topological polar surface area (TPSA) is 78.5 Å². The summed E-state index contributed by atoms with van der Waals surface area (Å²) in [6.45, 7) is 5.42. The number of piperidine rings is 1. The lowest BCUT2D eigenvalue weighted by atomic mass is 9.90. The Kier molecular flexibility index (Phi) is 8.58. The van der Waals surface area contributed by atoms with Gasteiger partial charge in [-0.1, -0.05) is 30.3 Å². The highest BCUT2D eigenvalue weighted by atomic mass is 19.1. The first kappa shape index (κ1) is 26.4. The fourth-order valence-corrected chi connectivity index (χ4v) is 4.93. The average molecular weight is 507 g/mol. The zero-order valence-corrected chi connectivity index (χ0v) is 21.7. The summed E-state index contributed by atoms with van der Waals surface area (Å²) in [5, 5.41) is 7.19. The predicted molar refractivity (Wildman–Crippen MR) is 139 cm³/mol. The third-order valence-corrected chi connectivity index (χ3v) is 7.11. The Morgan fingerprint density at radius 3 is 2.54 bits per heavy atom. The van der Waals surface area contributed by atoms with E-state index in [1.165, 1.54) is 12.1 Å². The van der Waals surface area contributed by atoms with Crippen LogP contribution in [0.1, 0.15) is 41.8 Å². The molecule has 0 radical (unpaired) electrons. The molecule has 7 nitrogen and oxygen atoms in total. The van der Waals surface area contributed by atoms with Crippen molar-refractivity contribution in [2.45, 2.75) is 52.2 Å². The Morgan fingerprint density at radius 1 is 1.14 bits per heavy atom. The van der Waals surface area contributed by atoms with Gasteiger partial charge in [0.05, 0.1) is 5.69 Å². The van der Waals surface area contributed by atoms with E-state index >= 15 is 0 Å². The zero-order chi connectivity index (χ0) is 26.4. The predicted octanol–water partition coefficient (Wildman–Crippen LogP) is 4.44. The number of hydrogen-bond acceptors (Lipinski definition) is 4. The molecule has 196 valence electrons. The number of rotatable bonds is 9. The van der Waals surface area contributed by atoms with Gasteiger partial charge in [-0.2, -0.15) is 5.10 Å². The number of carbonyl (C=O) groups is 2. The van der Waals surface area contributed by atoms with E-state index in [1.54, 1.807) is 24.1 Å². The summed E-state index contributed by atoms with van der Waals surface area (Å²) in [5.41, 5.74) is 4.04. The normalized spacial score (nSPS) is 17.5. The van der Waals surface area contributed by atoms with E-state index in [2.05, 4.69) is 10.2 Å². The van der Waals surface area contributed by atoms with Gasteiger partial charge >= 0.3 is 0 Å². The number of ether oxygens (including phenoxy) is 1. The Hall–Kier alpha value is -3.68. The smallest absolute Gasteiger partial charge is 0.223 e. The van der Waals surface area contributed by atoms with Crippen molar-refractivity contribution in [2.75, 3.05) is 20.1 Å². The number of H-pyrrole nitrogens is 1. The van der Waals surface area contributed by atoms with E-state index in [0.717, 1.165) is 22.5 Å². The molecule has 2 aromatic carbocycles. The van der Waals surface area contributed by atoms with Crippen molar-refractivity contribution in [1.82, 2.24) is 20.0 Å². The molecule has 0 aliphatic carbocycles. The van der Waals surface area contributed by atoms with Gasteiger partial charge in [0.15, 0.2) is 0 Å². The molecule has 1 aliphatic heterocycles. The summed E-state index contributed by atoms with van der Waals surface area (Å²) in [6.07, 6.45) is 1.63. The van der Waals surface area contributed by atoms with Gasteiger partial charge in [-0.05, 0) is 55.7 Å². The van der Waals surface area contributed by atoms with Crippen molar-refractivity contribution in [3.05, 3.63) is 82.9 Å². The maximum atomic E-state index is 13.4. The Morgan fingerprint density at radius 2 is 1.86 bits per heavy atom. The number of halogens is 1. The first-order valence-electron chi connectivity index (χ1n) is 12.8. The number of benzene rings is 2. The van der Waals surface area contributed by atoms with Crippen LogP contribution in [0.3, 0.4) is 0 Å². The van der Waals surface area contributed by atoms with Gasteiger partial charge in [0.1, 0.15) is 17.7 Å². The highest BCUT2D eigenvalue weighted by Gasteiger charge is 2.35. The van der Waals surface area contributed by atoms with Crippen molar-refractivity contribution in [1.29, 1.82) is 0 Å². The van der Waals surface area contributed by atoms with Crippen molar-refractivity contribution in [3.63, 3.8) is 0 Å². The summed E-state index contributed by atoms with van der Waals surface area (Å²) < 4.78 is 19.6. The molecular weight excluding hydrogens is 471 g/mol. The van der Waals surface area contributed by atoms with Gasteiger partial charge in [0, 0.05) is 57.6 Å². The van der Waals surface area contributed by atoms with Crippen LogP contribution in [0.15, 0.2) is 54.6 Å². The minimum absolute atomic E-state index is 0.000467. The van der Waals surface area contributed by atoms with E-state index < -0.39 is 0 Å². The van der Waals surface area contributed by atoms with Crippen molar-refractivity contribution in [3.8, 4) is 5.75 Å². The van der Waals surface area contributed by atoms with Crippen LogP contribution in [0.25, 0.3) is 0 Å². The number of amides is 2. The first-order chi connectivity index (χ1) is 17.8. The maximum absolute atomic E-state index is 13.4. The lowest BCUT2D eigenvalue weighted by Crippen LogP contribution is -2.49. The Labute approximate surface area is 217 Å². The molecule has 2 atom stereocenters. The van der Waals surface area contributed by atoms with Crippen LogP contribution < -0.4 is 4.74 Å². The molecule has 0 unspecified atom stereocenters. The maximum Gasteiger partial charge on any atom is 0.223 e. The van der Waals surface area contributed by atoms with Crippen LogP contribution in [0, 0.1) is 25.6 Å². The van der Waals surface area contributed by atoms with Crippen molar-refractivity contribution in [2.24, 2.45) is 5.92 Å². The van der Waals surface area contributed by atoms with Crippen molar-refractivity contribution >= 4 is 11.8 Å². The number of likely N-dealkylation sites (tertiary alicyclic amines) is 1. The molecule has 2 heterocycles.